The van der Waals surface area contributed by atoms with Crippen molar-refractivity contribution in [1.29, 1.82) is 0 Å². The van der Waals surface area contributed by atoms with Crippen molar-refractivity contribution in [1.82, 2.24) is 4.90 Å². The van der Waals surface area contributed by atoms with E-state index < -0.39 is 0 Å². The van der Waals surface area contributed by atoms with Gasteiger partial charge in [-0.15, -0.1) is 0 Å². The van der Waals surface area contributed by atoms with Crippen molar-refractivity contribution < 1.29 is 33.2 Å². The lowest BCUT2D eigenvalue weighted by atomic mass is 10.1. The molecule has 0 unspecified atom stereocenters. The molecule has 4 aromatic carbocycles. The molecule has 1 amide bonds. The number of amidine groups is 1. The second-order valence-electron chi connectivity index (χ2n) is 10.9. The highest BCUT2D eigenvalue weighted by atomic mass is 16.5. The van der Waals surface area contributed by atoms with Crippen molar-refractivity contribution in [2.75, 3.05) is 47.0 Å². The predicted octanol–water partition coefficient (Wildman–Crippen LogP) is 8.28. The van der Waals surface area contributed by atoms with Gasteiger partial charge in [-0.25, -0.2) is 0 Å². The van der Waals surface area contributed by atoms with Crippen LogP contribution in [-0.4, -0.2) is 58.9 Å². The van der Waals surface area contributed by atoms with E-state index in [1.54, 1.807) is 44.4 Å². The Balaban J connectivity index is 1.48. The number of methoxy groups -OCH3 is 5. The van der Waals surface area contributed by atoms with Gasteiger partial charge in [0.05, 0.1) is 35.5 Å². The molecule has 10 heteroatoms. The lowest BCUT2D eigenvalue weighted by Crippen LogP contribution is -2.30. The first-order valence-electron chi connectivity index (χ1n) is 15.7. The van der Waals surface area contributed by atoms with Crippen molar-refractivity contribution in [2.45, 2.75) is 26.2 Å². The normalized spacial score (nSPS) is 14.2. The van der Waals surface area contributed by atoms with Crippen LogP contribution in [0.3, 0.4) is 0 Å². The van der Waals surface area contributed by atoms with Gasteiger partial charge in [-0.2, -0.15) is 4.99 Å². The summed E-state index contributed by atoms with van der Waals surface area (Å²) >= 11 is 0. The molecule has 0 atom stereocenters. The summed E-state index contributed by atoms with van der Waals surface area (Å²) < 4.78 is 33.4. The largest absolute Gasteiger partial charge is 0.497 e. The molecule has 4 aromatic rings. The highest BCUT2D eigenvalue weighted by Crippen LogP contribution is 2.42. The van der Waals surface area contributed by atoms with Crippen molar-refractivity contribution >= 4 is 40.8 Å². The van der Waals surface area contributed by atoms with Crippen molar-refractivity contribution in [3.05, 3.63) is 96.3 Å². The molecule has 0 bridgehead atoms. The molecule has 0 saturated carbocycles. The fraction of sp³-hybridized carbons (Fsp3) is 0.263. The zero-order valence-corrected chi connectivity index (χ0v) is 28.2. The van der Waals surface area contributed by atoms with Gasteiger partial charge in [-0.3, -0.25) is 9.69 Å². The smallest absolute Gasteiger partial charge is 0.305 e. The molecule has 1 saturated heterocycles. The van der Waals surface area contributed by atoms with Gasteiger partial charge in [0.25, 0.3) is 5.91 Å². The fourth-order valence-electron chi connectivity index (χ4n) is 5.28. The van der Waals surface area contributed by atoms with Gasteiger partial charge >= 0.3 is 6.02 Å². The summed E-state index contributed by atoms with van der Waals surface area (Å²) in [5.41, 5.74) is 4.02. The number of aliphatic imine (C=N–C) groups is 1. The summed E-state index contributed by atoms with van der Waals surface area (Å²) in [6.45, 7) is 2.57. The monoisotopic (exact) mass is 651 g/mol. The number of hydrogen-bond donors (Lipinski definition) is 0. The molecular formula is C38H41N3O7. The van der Waals surface area contributed by atoms with E-state index in [1.807, 2.05) is 72.8 Å². The number of ether oxygens (including phenoxy) is 6. The number of rotatable bonds is 14. The third-order valence-corrected chi connectivity index (χ3v) is 7.88. The number of unbranched alkanes of at least 4 members (excludes halogenated alkanes) is 2. The highest BCUT2D eigenvalue weighted by Gasteiger charge is 2.35. The second-order valence-corrected chi connectivity index (χ2v) is 10.9. The molecule has 48 heavy (non-hydrogen) atoms. The molecular weight excluding hydrogens is 610 g/mol. The lowest BCUT2D eigenvalue weighted by molar-refractivity contribution is -0.122. The van der Waals surface area contributed by atoms with Gasteiger partial charge < -0.3 is 33.3 Å². The molecule has 0 radical (unpaired) electrons. The van der Waals surface area contributed by atoms with Crippen molar-refractivity contribution in [3.8, 4) is 28.7 Å². The van der Waals surface area contributed by atoms with E-state index in [0.29, 0.717) is 29.5 Å². The highest BCUT2D eigenvalue weighted by molar-refractivity contribution is 6.12. The molecule has 10 nitrogen and oxygen atoms in total. The van der Waals surface area contributed by atoms with Crippen molar-refractivity contribution in [2.24, 2.45) is 4.99 Å². The number of hydrogen-bond acceptors (Lipinski definition) is 9. The maximum Gasteiger partial charge on any atom is 0.305 e. The Morgan fingerprint density at radius 1 is 0.688 bits per heavy atom. The van der Waals surface area contributed by atoms with Crippen LogP contribution in [0, 0.1) is 0 Å². The van der Waals surface area contributed by atoms with Gasteiger partial charge in [0.2, 0.25) is 0 Å². The number of amides is 1. The zero-order chi connectivity index (χ0) is 34.0. The van der Waals surface area contributed by atoms with Gasteiger partial charge in [0.15, 0.2) is 22.9 Å². The number of anilines is 3. The van der Waals surface area contributed by atoms with Gasteiger partial charge in [-0.1, -0.05) is 31.9 Å². The van der Waals surface area contributed by atoms with E-state index in [-0.39, 0.29) is 17.7 Å². The number of nitrogens with zero attached hydrogens (tertiary/aromatic N) is 3. The first kappa shape index (κ1) is 33.7. The molecule has 0 N–H and O–H groups in total. The quantitative estimate of drug-likeness (QED) is 0.0994. The minimum atomic E-state index is -0.265. The number of benzene rings is 4. The molecule has 0 aromatic heterocycles. The average molecular weight is 652 g/mol. The first-order chi connectivity index (χ1) is 23.4. The summed E-state index contributed by atoms with van der Waals surface area (Å²) in [6, 6.07) is 27.2. The molecule has 1 heterocycles. The van der Waals surface area contributed by atoms with Crippen LogP contribution in [0.4, 0.5) is 22.7 Å². The molecule has 0 aliphatic carbocycles. The summed E-state index contributed by atoms with van der Waals surface area (Å²) in [5.74, 6) is 2.85. The topological polar surface area (TPSA) is 91.3 Å². The Bertz CT molecular complexity index is 1680. The third-order valence-electron chi connectivity index (χ3n) is 7.88. The van der Waals surface area contributed by atoms with E-state index in [0.717, 1.165) is 53.4 Å². The minimum Gasteiger partial charge on any atom is -0.497 e. The summed E-state index contributed by atoms with van der Waals surface area (Å²) in [4.78, 5) is 22.1. The van der Waals surface area contributed by atoms with E-state index in [9.17, 15) is 4.79 Å². The van der Waals surface area contributed by atoms with E-state index >= 15 is 0 Å². The first-order valence-corrected chi connectivity index (χ1v) is 15.7. The Morgan fingerprint density at radius 2 is 1.19 bits per heavy atom. The number of carbonyl (C=O) groups excluding carboxylic acids is 1. The van der Waals surface area contributed by atoms with Crippen LogP contribution >= 0.6 is 0 Å². The lowest BCUT2D eigenvalue weighted by Gasteiger charge is -2.26. The Morgan fingerprint density at radius 3 is 1.65 bits per heavy atom. The van der Waals surface area contributed by atoms with Crippen LogP contribution in [0.5, 0.6) is 28.7 Å². The van der Waals surface area contributed by atoms with Crippen LogP contribution in [0.1, 0.15) is 31.7 Å². The van der Waals surface area contributed by atoms with Gasteiger partial charge in [-0.05, 0) is 78.7 Å². The maximum absolute atomic E-state index is 13.7. The molecule has 5 rings (SSSR count). The minimum absolute atomic E-state index is 0.158. The van der Waals surface area contributed by atoms with E-state index in [1.165, 1.54) is 14.2 Å². The van der Waals surface area contributed by atoms with Crippen molar-refractivity contribution in [3.63, 3.8) is 0 Å². The van der Waals surface area contributed by atoms with Crippen LogP contribution < -0.4 is 28.6 Å². The van der Waals surface area contributed by atoms with Gasteiger partial charge in [0, 0.05) is 35.7 Å². The third kappa shape index (κ3) is 7.49. The standard InChI is InChI=1S/C38H41N3O7/c1-7-8-9-22-40-37(42)35(48-38(40)39-36-33(46-5)24-32(45-4)25-34(36)47-6)23-26-10-12-27(13-11-26)41(28-14-18-30(43-2)19-15-28)29-16-20-31(44-3)21-17-29/h10-21,23-25H,7-9,22H2,1-6H3/b35-23+,39-38+. The summed E-state index contributed by atoms with van der Waals surface area (Å²) in [7, 11) is 7.93. The molecule has 1 fully saturated rings. The molecule has 1 aliphatic heterocycles. The number of carbonyl (C=O) groups is 1. The van der Waals surface area contributed by atoms with Crippen LogP contribution in [0.2, 0.25) is 0 Å². The van der Waals surface area contributed by atoms with Gasteiger partial charge in [0.1, 0.15) is 17.2 Å². The van der Waals surface area contributed by atoms with E-state index in [4.69, 9.17) is 33.4 Å². The Hall–Kier alpha value is -5.64. The molecule has 250 valence electrons. The zero-order valence-electron chi connectivity index (χ0n) is 28.2. The van der Waals surface area contributed by atoms with Crippen LogP contribution in [0.15, 0.2) is 95.7 Å². The Kier molecular flexibility index (Phi) is 11.1. The van der Waals surface area contributed by atoms with Crippen LogP contribution in [-0.2, 0) is 9.53 Å². The average Bonchev–Trinajstić information content (AvgIpc) is 3.42. The maximum atomic E-state index is 13.7. The fourth-order valence-corrected chi connectivity index (χ4v) is 5.28. The summed E-state index contributed by atoms with van der Waals surface area (Å²) in [5, 5.41) is 0. The second kappa shape index (κ2) is 15.8. The molecule has 1 aliphatic rings. The SMILES string of the molecule is CCCCCN1C(=O)/C(=C\c2ccc(N(c3ccc(OC)cc3)c3ccc(OC)cc3)cc2)O/C1=N/c1c(OC)cc(OC)cc1OC. The Labute approximate surface area is 281 Å². The van der Waals surface area contributed by atoms with E-state index in [2.05, 4.69) is 11.8 Å². The summed E-state index contributed by atoms with van der Waals surface area (Å²) in [6.07, 6.45) is 4.51. The van der Waals surface area contributed by atoms with Crippen LogP contribution in [0.25, 0.3) is 6.08 Å². The molecule has 0 spiro atoms. The predicted molar refractivity (Wildman–Crippen MR) is 188 cm³/mol.